The van der Waals surface area contributed by atoms with Crippen LogP contribution in [-0.4, -0.2) is 20.0 Å². The summed E-state index contributed by atoms with van der Waals surface area (Å²) >= 11 is 0. The van der Waals surface area contributed by atoms with Gasteiger partial charge in [-0.15, -0.1) is 0 Å². The molecule has 0 bridgehead atoms. The highest BCUT2D eigenvalue weighted by atomic mass is 19.3. The van der Waals surface area contributed by atoms with Gasteiger partial charge in [-0.3, -0.25) is 0 Å². The molecule has 0 fully saturated rings. The lowest BCUT2D eigenvalue weighted by Gasteiger charge is -2.19. The molecule has 0 unspecified atom stereocenters. The minimum Gasteiger partial charge on any atom is -0.399 e. The molecule has 1 aromatic carbocycles. The number of alkyl halides is 2. The van der Waals surface area contributed by atoms with Gasteiger partial charge >= 0.3 is 0 Å². The fourth-order valence-electron chi connectivity index (χ4n) is 1.21. The average molecular weight is 200 g/mol. The number of nitrogens with zero attached hydrogens (tertiary/aromatic N) is 1. The first-order valence-electron chi connectivity index (χ1n) is 4.36. The van der Waals surface area contributed by atoms with Gasteiger partial charge in [0, 0.05) is 18.4 Å². The van der Waals surface area contributed by atoms with E-state index in [2.05, 4.69) is 0 Å². The molecule has 2 nitrogen and oxygen atoms in total. The fraction of sp³-hybridized carbons (Fsp3) is 0.400. The summed E-state index contributed by atoms with van der Waals surface area (Å²) in [5, 5.41) is 0. The predicted octanol–water partition coefficient (Wildman–Crippen LogP) is 2.28. The molecule has 78 valence electrons. The molecule has 1 rings (SSSR count). The highest BCUT2D eigenvalue weighted by molar-refractivity contribution is 5.57. The van der Waals surface area contributed by atoms with E-state index < -0.39 is 6.43 Å². The third-order valence-corrected chi connectivity index (χ3v) is 2.11. The summed E-state index contributed by atoms with van der Waals surface area (Å²) in [5.41, 5.74) is 7.97. The van der Waals surface area contributed by atoms with Crippen molar-refractivity contribution in [1.29, 1.82) is 0 Å². The summed E-state index contributed by atoms with van der Waals surface area (Å²) in [5.74, 6) is 0. The van der Waals surface area contributed by atoms with E-state index in [1.54, 1.807) is 25.2 Å². The van der Waals surface area contributed by atoms with Gasteiger partial charge < -0.3 is 10.6 Å². The Hall–Kier alpha value is -1.32. The van der Waals surface area contributed by atoms with Crippen LogP contribution in [0.1, 0.15) is 5.56 Å². The Morgan fingerprint density at radius 2 is 2.07 bits per heavy atom. The molecule has 0 aliphatic carbocycles. The lowest BCUT2D eigenvalue weighted by Crippen LogP contribution is -2.23. The van der Waals surface area contributed by atoms with Crippen LogP contribution in [0.15, 0.2) is 18.2 Å². The number of aryl methyl sites for hydroxylation is 1. The van der Waals surface area contributed by atoms with E-state index in [0.29, 0.717) is 5.69 Å². The van der Waals surface area contributed by atoms with Crippen LogP contribution < -0.4 is 10.6 Å². The molecule has 0 saturated heterocycles. The number of nitrogen functional groups attached to an aromatic ring is 1. The summed E-state index contributed by atoms with van der Waals surface area (Å²) in [6.07, 6.45) is -2.32. The lowest BCUT2D eigenvalue weighted by molar-refractivity contribution is 0.156. The Bertz CT molecular complexity index is 313. The highest BCUT2D eigenvalue weighted by Crippen LogP contribution is 2.19. The number of benzene rings is 1. The molecule has 0 heterocycles. The SMILES string of the molecule is Cc1cc(N(C)CC(F)F)ccc1N. The largest absolute Gasteiger partial charge is 0.399 e. The van der Waals surface area contributed by atoms with Crippen molar-refractivity contribution in [3.8, 4) is 0 Å². The number of hydrogen-bond donors (Lipinski definition) is 1. The number of anilines is 2. The maximum atomic E-state index is 12.1. The van der Waals surface area contributed by atoms with E-state index in [4.69, 9.17) is 5.73 Å². The van der Waals surface area contributed by atoms with Crippen molar-refractivity contribution in [2.45, 2.75) is 13.3 Å². The van der Waals surface area contributed by atoms with Crippen molar-refractivity contribution < 1.29 is 8.78 Å². The molecule has 0 spiro atoms. The van der Waals surface area contributed by atoms with Crippen molar-refractivity contribution >= 4 is 11.4 Å². The molecule has 14 heavy (non-hydrogen) atoms. The molecule has 0 atom stereocenters. The second-order valence-corrected chi connectivity index (χ2v) is 3.31. The number of nitrogens with two attached hydrogens (primary N) is 1. The normalized spacial score (nSPS) is 10.6. The average Bonchev–Trinajstić information content (AvgIpc) is 2.08. The summed E-state index contributed by atoms with van der Waals surface area (Å²) in [6, 6.07) is 5.27. The Kier molecular flexibility index (Phi) is 3.28. The van der Waals surface area contributed by atoms with Crippen LogP contribution in [0.2, 0.25) is 0 Å². The first kappa shape index (κ1) is 10.8. The summed E-state index contributed by atoms with van der Waals surface area (Å²) in [4.78, 5) is 1.51. The lowest BCUT2D eigenvalue weighted by atomic mass is 10.2. The second-order valence-electron chi connectivity index (χ2n) is 3.31. The summed E-state index contributed by atoms with van der Waals surface area (Å²) in [6.45, 7) is 1.60. The zero-order chi connectivity index (χ0) is 10.7. The molecular formula is C10H14F2N2. The van der Waals surface area contributed by atoms with E-state index in [1.807, 2.05) is 6.92 Å². The third-order valence-electron chi connectivity index (χ3n) is 2.11. The highest BCUT2D eigenvalue weighted by Gasteiger charge is 2.08. The second kappa shape index (κ2) is 4.26. The molecule has 1 aromatic rings. The maximum Gasteiger partial charge on any atom is 0.255 e. The Labute approximate surface area is 82.3 Å². The third kappa shape index (κ3) is 2.58. The van der Waals surface area contributed by atoms with Gasteiger partial charge in [0.25, 0.3) is 6.43 Å². The van der Waals surface area contributed by atoms with Gasteiger partial charge in [-0.25, -0.2) is 8.78 Å². The van der Waals surface area contributed by atoms with Crippen LogP contribution in [0.4, 0.5) is 20.2 Å². The standard InChI is InChI=1S/C10H14F2N2/c1-7-5-8(3-4-9(7)13)14(2)6-10(11)12/h3-5,10H,6,13H2,1-2H3. The van der Waals surface area contributed by atoms with Crippen LogP contribution in [0.25, 0.3) is 0 Å². The zero-order valence-corrected chi connectivity index (χ0v) is 8.30. The van der Waals surface area contributed by atoms with Crippen LogP contribution >= 0.6 is 0 Å². The van der Waals surface area contributed by atoms with E-state index >= 15 is 0 Å². The van der Waals surface area contributed by atoms with Crippen LogP contribution in [-0.2, 0) is 0 Å². The predicted molar refractivity (Wildman–Crippen MR) is 54.9 cm³/mol. The molecule has 2 N–H and O–H groups in total. The summed E-state index contributed by atoms with van der Waals surface area (Å²) in [7, 11) is 1.64. The Morgan fingerprint density at radius 1 is 1.43 bits per heavy atom. The van der Waals surface area contributed by atoms with E-state index in [9.17, 15) is 8.78 Å². The van der Waals surface area contributed by atoms with E-state index in [0.717, 1.165) is 11.3 Å². The molecule has 4 heteroatoms. The topological polar surface area (TPSA) is 29.3 Å². The molecule has 0 radical (unpaired) electrons. The quantitative estimate of drug-likeness (QED) is 0.758. The van der Waals surface area contributed by atoms with Crippen molar-refractivity contribution in [3.05, 3.63) is 23.8 Å². The van der Waals surface area contributed by atoms with Gasteiger partial charge in [-0.05, 0) is 30.7 Å². The zero-order valence-electron chi connectivity index (χ0n) is 8.30. The van der Waals surface area contributed by atoms with Crippen LogP contribution in [0.5, 0.6) is 0 Å². The first-order valence-corrected chi connectivity index (χ1v) is 4.36. The van der Waals surface area contributed by atoms with Crippen molar-refractivity contribution in [3.63, 3.8) is 0 Å². The summed E-state index contributed by atoms with van der Waals surface area (Å²) < 4.78 is 24.2. The van der Waals surface area contributed by atoms with Crippen molar-refractivity contribution in [1.82, 2.24) is 0 Å². The van der Waals surface area contributed by atoms with Gasteiger partial charge in [0.2, 0.25) is 0 Å². The monoisotopic (exact) mass is 200 g/mol. The molecule has 0 aliphatic rings. The fourth-order valence-corrected chi connectivity index (χ4v) is 1.21. The number of rotatable bonds is 3. The minimum absolute atomic E-state index is 0.261. The molecule has 0 aliphatic heterocycles. The maximum absolute atomic E-state index is 12.1. The number of halogens is 2. The van der Waals surface area contributed by atoms with Gasteiger partial charge in [-0.1, -0.05) is 0 Å². The first-order chi connectivity index (χ1) is 6.50. The van der Waals surface area contributed by atoms with E-state index in [1.165, 1.54) is 4.90 Å². The van der Waals surface area contributed by atoms with Gasteiger partial charge in [0.05, 0.1) is 6.54 Å². The molecule has 0 aromatic heterocycles. The smallest absolute Gasteiger partial charge is 0.255 e. The van der Waals surface area contributed by atoms with E-state index in [-0.39, 0.29) is 6.54 Å². The minimum atomic E-state index is -2.32. The van der Waals surface area contributed by atoms with Gasteiger partial charge in [-0.2, -0.15) is 0 Å². The Morgan fingerprint density at radius 3 is 2.57 bits per heavy atom. The van der Waals surface area contributed by atoms with Crippen LogP contribution in [0, 0.1) is 6.92 Å². The number of hydrogen-bond acceptors (Lipinski definition) is 2. The van der Waals surface area contributed by atoms with Crippen molar-refractivity contribution in [2.75, 3.05) is 24.2 Å². The Balaban J connectivity index is 2.80. The molecule has 0 saturated carbocycles. The van der Waals surface area contributed by atoms with Crippen molar-refractivity contribution in [2.24, 2.45) is 0 Å². The van der Waals surface area contributed by atoms with Gasteiger partial charge in [0.1, 0.15) is 0 Å². The molecular weight excluding hydrogens is 186 g/mol. The van der Waals surface area contributed by atoms with Crippen LogP contribution in [0.3, 0.4) is 0 Å². The van der Waals surface area contributed by atoms with Gasteiger partial charge in [0.15, 0.2) is 0 Å². The molecule has 0 amide bonds.